The second-order valence-electron chi connectivity index (χ2n) is 7.00. The van der Waals surface area contributed by atoms with E-state index < -0.39 is 6.10 Å². The molecule has 0 saturated heterocycles. The van der Waals surface area contributed by atoms with Crippen molar-refractivity contribution in [3.05, 3.63) is 53.6 Å². The maximum absolute atomic E-state index is 12.5. The van der Waals surface area contributed by atoms with Crippen LogP contribution in [0.2, 0.25) is 0 Å². The van der Waals surface area contributed by atoms with Gasteiger partial charge in [0.05, 0.1) is 18.9 Å². The van der Waals surface area contributed by atoms with Crippen LogP contribution in [-0.2, 0) is 16.1 Å². The fourth-order valence-corrected chi connectivity index (χ4v) is 4.53. The minimum absolute atomic E-state index is 0.117. The van der Waals surface area contributed by atoms with Crippen LogP contribution in [0.3, 0.4) is 0 Å². The number of carbonyl (C=O) groups excluding carboxylic acids is 1. The molecule has 2 atom stereocenters. The zero-order chi connectivity index (χ0) is 18.9. The highest BCUT2D eigenvalue weighted by molar-refractivity contribution is 7.99. The second kappa shape index (κ2) is 7.39. The molecule has 0 aromatic heterocycles. The third kappa shape index (κ3) is 3.42. The molecule has 2 aromatic carbocycles. The van der Waals surface area contributed by atoms with Gasteiger partial charge in [-0.2, -0.15) is 0 Å². The van der Waals surface area contributed by atoms with Crippen molar-refractivity contribution in [1.82, 2.24) is 5.32 Å². The van der Waals surface area contributed by atoms with Crippen molar-refractivity contribution in [2.75, 3.05) is 18.9 Å². The average Bonchev–Trinajstić information content (AvgIpc) is 3.40. The third-order valence-electron chi connectivity index (χ3n) is 5.06. The van der Waals surface area contributed by atoms with E-state index >= 15 is 0 Å². The van der Waals surface area contributed by atoms with Crippen LogP contribution in [0, 0.1) is 0 Å². The molecule has 144 valence electrons. The van der Waals surface area contributed by atoms with Crippen molar-refractivity contribution >= 4 is 23.4 Å². The van der Waals surface area contributed by atoms with E-state index in [0.29, 0.717) is 18.7 Å². The van der Waals surface area contributed by atoms with Crippen molar-refractivity contribution < 1.29 is 19.1 Å². The van der Waals surface area contributed by atoms with Gasteiger partial charge >= 0.3 is 0 Å². The lowest BCUT2D eigenvalue weighted by Gasteiger charge is -2.25. The zero-order valence-corrected chi connectivity index (χ0v) is 16.0. The summed E-state index contributed by atoms with van der Waals surface area (Å²) in [5.74, 6) is 2.21. The van der Waals surface area contributed by atoms with Gasteiger partial charge in [0.2, 0.25) is 0 Å². The van der Waals surface area contributed by atoms with Gasteiger partial charge in [-0.1, -0.05) is 17.3 Å². The summed E-state index contributed by atoms with van der Waals surface area (Å²) >= 11 is 1.64. The third-order valence-corrected chi connectivity index (χ3v) is 6.18. The molecule has 0 fully saturated rings. The molecule has 0 spiro atoms. The van der Waals surface area contributed by atoms with E-state index in [1.54, 1.807) is 11.8 Å². The molecule has 0 saturated carbocycles. The lowest BCUT2D eigenvalue weighted by molar-refractivity contribution is -0.127. The molecule has 5 rings (SSSR count). The Morgan fingerprint density at radius 3 is 3.11 bits per heavy atom. The zero-order valence-electron chi connectivity index (χ0n) is 15.2. The van der Waals surface area contributed by atoms with Crippen LogP contribution in [0.15, 0.2) is 52.5 Å². The summed E-state index contributed by atoms with van der Waals surface area (Å²) in [5, 5.41) is 7.17. The topological polar surface area (TPSA) is 69.2 Å². The number of nitrogens with one attached hydrogen (secondary N) is 1. The molecule has 2 aromatic rings. The normalized spacial score (nSPS) is 22.2. The van der Waals surface area contributed by atoms with Crippen LogP contribution >= 0.6 is 11.8 Å². The molecular formula is C21H20N2O4S. The van der Waals surface area contributed by atoms with Gasteiger partial charge in [-0.3, -0.25) is 4.79 Å². The van der Waals surface area contributed by atoms with Gasteiger partial charge in [0.15, 0.2) is 6.10 Å². The molecule has 0 aliphatic carbocycles. The molecule has 0 unspecified atom stereocenters. The van der Waals surface area contributed by atoms with Crippen molar-refractivity contribution in [3.63, 3.8) is 0 Å². The van der Waals surface area contributed by atoms with Crippen LogP contribution in [-0.4, -0.2) is 42.7 Å². The van der Waals surface area contributed by atoms with Gasteiger partial charge in [-0.25, -0.2) is 0 Å². The second-order valence-corrected chi connectivity index (χ2v) is 8.06. The minimum Gasteiger partial charge on any atom is -0.493 e. The monoisotopic (exact) mass is 396 g/mol. The lowest BCUT2D eigenvalue weighted by atomic mass is 10.0. The summed E-state index contributed by atoms with van der Waals surface area (Å²) in [6.07, 6.45) is 0.952. The van der Waals surface area contributed by atoms with Gasteiger partial charge in [0.1, 0.15) is 17.6 Å². The van der Waals surface area contributed by atoms with E-state index in [-0.39, 0.29) is 12.0 Å². The average molecular weight is 396 g/mol. The number of para-hydroxylation sites is 1. The maximum Gasteiger partial charge on any atom is 0.262 e. The van der Waals surface area contributed by atoms with E-state index in [4.69, 9.17) is 14.3 Å². The van der Waals surface area contributed by atoms with E-state index in [0.717, 1.165) is 40.7 Å². The molecule has 0 radical (unpaired) electrons. The number of carbonyl (C=O) groups is 1. The first-order chi connectivity index (χ1) is 13.8. The Morgan fingerprint density at radius 2 is 2.14 bits per heavy atom. The summed E-state index contributed by atoms with van der Waals surface area (Å²) in [6.45, 7) is 1.15. The Bertz CT molecular complexity index is 946. The predicted molar refractivity (Wildman–Crippen MR) is 106 cm³/mol. The SMILES string of the molecule is O=C(NC[C@H]1CC(c2ccc3c(c2)CCO3)=NO1)[C@@H]1CSc2ccccc2O1. The first-order valence-electron chi connectivity index (χ1n) is 9.41. The molecule has 1 amide bonds. The Labute approximate surface area is 167 Å². The van der Waals surface area contributed by atoms with Gasteiger partial charge in [0, 0.05) is 23.5 Å². The largest absolute Gasteiger partial charge is 0.493 e. The predicted octanol–water partition coefficient (Wildman–Crippen LogP) is 2.78. The molecule has 3 heterocycles. The molecule has 3 aliphatic heterocycles. The summed E-state index contributed by atoms with van der Waals surface area (Å²) in [6, 6.07) is 13.9. The fraction of sp³-hybridized carbons (Fsp3) is 0.333. The number of oxime groups is 1. The van der Waals surface area contributed by atoms with Gasteiger partial charge in [-0.05, 0) is 41.5 Å². The van der Waals surface area contributed by atoms with E-state index in [1.165, 1.54) is 5.56 Å². The number of hydrogen-bond acceptors (Lipinski definition) is 6. The lowest BCUT2D eigenvalue weighted by Crippen LogP contribution is -2.44. The van der Waals surface area contributed by atoms with Crippen LogP contribution < -0.4 is 14.8 Å². The number of benzene rings is 2. The van der Waals surface area contributed by atoms with Crippen molar-refractivity contribution in [1.29, 1.82) is 0 Å². The van der Waals surface area contributed by atoms with E-state index in [2.05, 4.69) is 16.5 Å². The highest BCUT2D eigenvalue weighted by atomic mass is 32.2. The van der Waals surface area contributed by atoms with Crippen molar-refractivity contribution in [2.24, 2.45) is 5.16 Å². The molecule has 6 nitrogen and oxygen atoms in total. The van der Waals surface area contributed by atoms with Gasteiger partial charge < -0.3 is 19.6 Å². The Morgan fingerprint density at radius 1 is 1.21 bits per heavy atom. The Hall–Kier alpha value is -2.67. The first kappa shape index (κ1) is 17.4. The van der Waals surface area contributed by atoms with Crippen LogP contribution in [0.1, 0.15) is 17.5 Å². The Balaban J connectivity index is 1.14. The minimum atomic E-state index is -0.488. The smallest absolute Gasteiger partial charge is 0.262 e. The summed E-state index contributed by atoms with van der Waals surface area (Å²) in [5.41, 5.74) is 3.18. The first-order valence-corrected chi connectivity index (χ1v) is 10.4. The number of amides is 1. The van der Waals surface area contributed by atoms with Crippen LogP contribution in [0.25, 0.3) is 0 Å². The summed E-state index contributed by atoms with van der Waals surface area (Å²) in [7, 11) is 0. The molecule has 28 heavy (non-hydrogen) atoms. The number of ether oxygens (including phenoxy) is 2. The van der Waals surface area contributed by atoms with Gasteiger partial charge in [-0.15, -0.1) is 11.8 Å². The Kier molecular flexibility index (Phi) is 4.60. The van der Waals surface area contributed by atoms with Gasteiger partial charge in [0.25, 0.3) is 5.91 Å². The maximum atomic E-state index is 12.5. The number of nitrogens with zero attached hydrogens (tertiary/aromatic N) is 1. The molecule has 3 aliphatic rings. The molecule has 0 bridgehead atoms. The van der Waals surface area contributed by atoms with Crippen LogP contribution in [0.4, 0.5) is 0 Å². The highest BCUT2D eigenvalue weighted by Crippen LogP contribution is 2.35. The summed E-state index contributed by atoms with van der Waals surface area (Å²) in [4.78, 5) is 19.1. The highest BCUT2D eigenvalue weighted by Gasteiger charge is 2.29. The quantitative estimate of drug-likeness (QED) is 0.861. The number of fused-ring (bicyclic) bond motifs is 2. The fourth-order valence-electron chi connectivity index (χ4n) is 3.55. The van der Waals surface area contributed by atoms with Crippen molar-refractivity contribution in [2.45, 2.75) is 29.9 Å². The number of hydrogen-bond donors (Lipinski definition) is 1. The van der Waals surface area contributed by atoms with E-state index in [1.807, 2.05) is 36.4 Å². The summed E-state index contributed by atoms with van der Waals surface area (Å²) < 4.78 is 11.4. The molecule has 7 heteroatoms. The van der Waals surface area contributed by atoms with Crippen LogP contribution in [0.5, 0.6) is 11.5 Å². The molecule has 1 N–H and O–H groups in total. The molecular weight excluding hydrogens is 376 g/mol. The van der Waals surface area contributed by atoms with Crippen molar-refractivity contribution in [3.8, 4) is 11.5 Å². The number of rotatable bonds is 4. The standard InChI is InChI=1S/C21H20N2O4S/c24-21(19-12-28-20-4-2-1-3-18(20)26-19)22-11-15-10-16(23-27-15)13-5-6-17-14(9-13)7-8-25-17/h1-6,9,15,19H,7-8,10-12H2,(H,22,24)/t15-,19+/m1/s1. The number of thioether (sulfide) groups is 1. The van der Waals surface area contributed by atoms with E-state index in [9.17, 15) is 4.79 Å².